The second-order valence-electron chi connectivity index (χ2n) is 6.46. The third kappa shape index (κ3) is 3.69. The van der Waals surface area contributed by atoms with Crippen LogP contribution in [0.1, 0.15) is 25.8 Å². The highest BCUT2D eigenvalue weighted by atomic mass is 32.2. The summed E-state index contributed by atoms with van der Waals surface area (Å²) in [5.41, 5.74) is 3.72. The van der Waals surface area contributed by atoms with Gasteiger partial charge in [-0.2, -0.15) is 5.26 Å². The lowest BCUT2D eigenvalue weighted by Gasteiger charge is -2.11. The molecule has 1 aromatic heterocycles. The molecule has 0 saturated carbocycles. The van der Waals surface area contributed by atoms with E-state index in [9.17, 15) is 13.7 Å². The van der Waals surface area contributed by atoms with Crippen molar-refractivity contribution in [1.29, 1.82) is 5.26 Å². The summed E-state index contributed by atoms with van der Waals surface area (Å²) in [7, 11) is -1.74. The molecular formula is C21H23N3O3S. The molecule has 7 heteroatoms. The van der Waals surface area contributed by atoms with Crippen LogP contribution >= 0.6 is 0 Å². The van der Waals surface area contributed by atoms with Crippen LogP contribution in [0.25, 0.3) is 22.2 Å². The summed E-state index contributed by atoms with van der Waals surface area (Å²) in [6.07, 6.45) is 0.555. The molecule has 28 heavy (non-hydrogen) atoms. The number of sulfonamides is 1. The molecule has 6 nitrogen and oxygen atoms in total. The fourth-order valence-corrected chi connectivity index (χ4v) is 4.53. The summed E-state index contributed by atoms with van der Waals surface area (Å²) < 4.78 is 33.9. The summed E-state index contributed by atoms with van der Waals surface area (Å²) in [5.74, 6) is 0.781. The number of hydrogen-bond donors (Lipinski definition) is 1. The zero-order chi connectivity index (χ0) is 20.3. The first-order chi connectivity index (χ1) is 13.4. The van der Waals surface area contributed by atoms with Crippen molar-refractivity contribution in [3.63, 3.8) is 0 Å². The van der Waals surface area contributed by atoms with Crippen LogP contribution in [0, 0.1) is 11.3 Å². The number of nitrogens with one attached hydrogen (secondary N) is 1. The van der Waals surface area contributed by atoms with Gasteiger partial charge in [0.25, 0.3) is 0 Å². The second kappa shape index (κ2) is 7.95. The minimum absolute atomic E-state index is 0.0826. The number of ether oxygens (including phenoxy) is 1. The van der Waals surface area contributed by atoms with Crippen LogP contribution in [0.3, 0.4) is 0 Å². The standard InChI is InChI=1S/C21H23N3O3S/c1-4-12-28(25,26)23-16-8-6-15(7-9-16)21-19(14-22)18-13-17(27-3)10-11-20(18)24(21)5-2/h6-11,13,23H,4-5,12H2,1-3H3. The van der Waals surface area contributed by atoms with Crippen molar-refractivity contribution in [2.75, 3.05) is 17.6 Å². The van der Waals surface area contributed by atoms with E-state index in [4.69, 9.17) is 4.74 Å². The Bertz CT molecular complexity index is 1140. The van der Waals surface area contributed by atoms with Gasteiger partial charge in [-0.05, 0) is 49.2 Å². The Morgan fingerprint density at radius 1 is 1.14 bits per heavy atom. The number of aromatic nitrogens is 1. The number of nitriles is 1. The molecule has 3 rings (SSSR count). The van der Waals surface area contributed by atoms with Gasteiger partial charge in [0.05, 0.1) is 29.6 Å². The molecule has 0 atom stereocenters. The molecule has 0 aliphatic heterocycles. The van der Waals surface area contributed by atoms with E-state index >= 15 is 0 Å². The third-order valence-electron chi connectivity index (χ3n) is 4.60. The minimum Gasteiger partial charge on any atom is -0.497 e. The molecule has 0 aliphatic rings. The summed E-state index contributed by atoms with van der Waals surface area (Å²) >= 11 is 0. The number of benzene rings is 2. The van der Waals surface area contributed by atoms with E-state index in [-0.39, 0.29) is 5.75 Å². The molecule has 146 valence electrons. The summed E-state index contributed by atoms with van der Waals surface area (Å²) in [6.45, 7) is 4.55. The van der Waals surface area contributed by atoms with E-state index in [0.29, 0.717) is 30.0 Å². The SMILES string of the molecule is CCCS(=O)(=O)Nc1ccc(-c2c(C#N)c3cc(OC)ccc3n2CC)cc1. The maximum Gasteiger partial charge on any atom is 0.232 e. The predicted molar refractivity (Wildman–Crippen MR) is 112 cm³/mol. The number of hydrogen-bond acceptors (Lipinski definition) is 4. The topological polar surface area (TPSA) is 84.1 Å². The van der Waals surface area contributed by atoms with Crippen molar-refractivity contribution in [3.8, 4) is 23.1 Å². The predicted octanol–water partition coefficient (Wildman–Crippen LogP) is 4.36. The Morgan fingerprint density at radius 3 is 2.43 bits per heavy atom. The van der Waals surface area contributed by atoms with E-state index in [0.717, 1.165) is 22.2 Å². The molecule has 0 bridgehead atoms. The van der Waals surface area contributed by atoms with Gasteiger partial charge in [0, 0.05) is 17.6 Å². The molecule has 0 radical (unpaired) electrons. The molecule has 2 aromatic carbocycles. The number of fused-ring (bicyclic) bond motifs is 1. The van der Waals surface area contributed by atoms with Crippen LogP contribution in [0.4, 0.5) is 5.69 Å². The number of aryl methyl sites for hydroxylation is 1. The summed E-state index contributed by atoms with van der Waals surface area (Å²) in [4.78, 5) is 0. The maximum atomic E-state index is 12.0. The quantitative estimate of drug-likeness (QED) is 0.642. The Kier molecular flexibility index (Phi) is 5.61. The van der Waals surface area contributed by atoms with Crippen LogP contribution < -0.4 is 9.46 Å². The number of nitrogens with zero attached hydrogens (tertiary/aromatic N) is 2. The molecule has 1 heterocycles. The van der Waals surface area contributed by atoms with Crippen molar-refractivity contribution < 1.29 is 13.2 Å². The van der Waals surface area contributed by atoms with Crippen LogP contribution in [-0.4, -0.2) is 25.8 Å². The Balaban J connectivity index is 2.09. The minimum atomic E-state index is -3.34. The Hall–Kier alpha value is -2.98. The van der Waals surface area contributed by atoms with Gasteiger partial charge in [0.2, 0.25) is 10.0 Å². The van der Waals surface area contributed by atoms with E-state index in [1.54, 1.807) is 19.2 Å². The lowest BCUT2D eigenvalue weighted by Crippen LogP contribution is -2.15. The van der Waals surface area contributed by atoms with Crippen molar-refractivity contribution in [1.82, 2.24) is 4.57 Å². The van der Waals surface area contributed by atoms with Crippen LogP contribution in [0.15, 0.2) is 42.5 Å². The van der Waals surface area contributed by atoms with Gasteiger partial charge < -0.3 is 9.30 Å². The fourth-order valence-electron chi connectivity index (χ4n) is 3.40. The van der Waals surface area contributed by atoms with Gasteiger partial charge in [0.15, 0.2) is 0 Å². The Labute approximate surface area is 165 Å². The molecule has 0 saturated heterocycles. The van der Waals surface area contributed by atoms with Crippen molar-refractivity contribution in [3.05, 3.63) is 48.0 Å². The molecule has 1 N–H and O–H groups in total. The van der Waals surface area contributed by atoms with Gasteiger partial charge in [0.1, 0.15) is 11.8 Å². The van der Waals surface area contributed by atoms with E-state index in [2.05, 4.69) is 15.4 Å². The van der Waals surface area contributed by atoms with Crippen LogP contribution in [0.2, 0.25) is 0 Å². The van der Waals surface area contributed by atoms with Crippen LogP contribution in [-0.2, 0) is 16.6 Å². The zero-order valence-corrected chi connectivity index (χ0v) is 17.0. The lowest BCUT2D eigenvalue weighted by molar-refractivity contribution is 0.415. The average Bonchev–Trinajstić information content (AvgIpc) is 3.00. The highest BCUT2D eigenvalue weighted by Crippen LogP contribution is 2.35. The monoisotopic (exact) mass is 397 g/mol. The second-order valence-corrected chi connectivity index (χ2v) is 8.30. The number of rotatable bonds is 7. The first-order valence-corrected chi connectivity index (χ1v) is 10.8. The van der Waals surface area contributed by atoms with Gasteiger partial charge in [-0.1, -0.05) is 19.1 Å². The number of methoxy groups -OCH3 is 1. The van der Waals surface area contributed by atoms with Crippen molar-refractivity contribution in [2.45, 2.75) is 26.8 Å². The Morgan fingerprint density at radius 2 is 1.86 bits per heavy atom. The molecule has 0 fully saturated rings. The number of anilines is 1. The largest absolute Gasteiger partial charge is 0.497 e. The summed E-state index contributed by atoms with van der Waals surface area (Å²) in [5, 5.41) is 10.7. The van der Waals surface area contributed by atoms with Gasteiger partial charge in [-0.3, -0.25) is 4.72 Å². The molecule has 0 unspecified atom stereocenters. The van der Waals surface area contributed by atoms with Crippen molar-refractivity contribution in [2.24, 2.45) is 0 Å². The molecular weight excluding hydrogens is 374 g/mol. The highest BCUT2D eigenvalue weighted by Gasteiger charge is 2.19. The zero-order valence-electron chi connectivity index (χ0n) is 16.2. The first kappa shape index (κ1) is 19.8. The van der Waals surface area contributed by atoms with Crippen molar-refractivity contribution >= 4 is 26.6 Å². The van der Waals surface area contributed by atoms with E-state index < -0.39 is 10.0 Å². The van der Waals surface area contributed by atoms with Gasteiger partial charge >= 0.3 is 0 Å². The average molecular weight is 398 g/mol. The maximum absolute atomic E-state index is 12.0. The smallest absolute Gasteiger partial charge is 0.232 e. The molecule has 0 spiro atoms. The summed E-state index contributed by atoms with van der Waals surface area (Å²) in [6, 6.07) is 15.1. The van der Waals surface area contributed by atoms with E-state index in [1.165, 1.54) is 0 Å². The van der Waals surface area contributed by atoms with Gasteiger partial charge in [-0.25, -0.2) is 8.42 Å². The normalized spacial score (nSPS) is 11.4. The first-order valence-electron chi connectivity index (χ1n) is 9.15. The van der Waals surface area contributed by atoms with Gasteiger partial charge in [-0.15, -0.1) is 0 Å². The van der Waals surface area contributed by atoms with E-state index in [1.807, 2.05) is 44.2 Å². The fraction of sp³-hybridized carbons (Fsp3) is 0.286. The third-order valence-corrected chi connectivity index (χ3v) is 6.10. The molecule has 0 aliphatic carbocycles. The highest BCUT2D eigenvalue weighted by molar-refractivity contribution is 7.92. The van der Waals surface area contributed by atoms with Crippen LogP contribution in [0.5, 0.6) is 5.75 Å². The lowest BCUT2D eigenvalue weighted by atomic mass is 10.1. The molecule has 3 aromatic rings. The molecule has 0 amide bonds.